The maximum absolute atomic E-state index is 13.0. The molecule has 0 aromatic heterocycles. The molecular formula is C15H9Cl2F6NO. The van der Waals surface area contributed by atoms with Crippen molar-refractivity contribution in [2.75, 3.05) is 5.73 Å². The molecule has 0 bridgehead atoms. The van der Waals surface area contributed by atoms with E-state index in [0.717, 1.165) is 0 Å². The van der Waals surface area contributed by atoms with Crippen molar-refractivity contribution < 1.29 is 31.4 Å². The summed E-state index contributed by atoms with van der Waals surface area (Å²) in [6.45, 7) is 0. The second kappa shape index (κ2) is 6.26. The Hall–Kier alpha value is -1.64. The van der Waals surface area contributed by atoms with Crippen LogP contribution in [0.25, 0.3) is 11.1 Å². The van der Waals surface area contributed by atoms with Gasteiger partial charge < -0.3 is 10.8 Å². The van der Waals surface area contributed by atoms with Crippen molar-refractivity contribution in [2.24, 2.45) is 0 Å². The number of hydrogen-bond acceptors (Lipinski definition) is 2. The fraction of sp³-hybridized carbons (Fsp3) is 0.200. The summed E-state index contributed by atoms with van der Waals surface area (Å²) in [6.07, 6.45) is -12.1. The quantitative estimate of drug-likeness (QED) is 0.509. The molecule has 2 aromatic carbocycles. The van der Waals surface area contributed by atoms with E-state index in [1.807, 2.05) is 0 Å². The van der Waals surface area contributed by atoms with Crippen molar-refractivity contribution in [1.82, 2.24) is 0 Å². The van der Waals surface area contributed by atoms with Crippen LogP contribution in [-0.4, -0.2) is 17.5 Å². The average molecular weight is 404 g/mol. The first kappa shape index (κ1) is 19.7. The summed E-state index contributed by atoms with van der Waals surface area (Å²) in [5.41, 5.74) is -1.35. The van der Waals surface area contributed by atoms with Gasteiger partial charge in [0.2, 0.25) is 0 Å². The minimum Gasteiger partial charge on any atom is -0.398 e. The molecule has 0 fully saturated rings. The summed E-state index contributed by atoms with van der Waals surface area (Å²) in [5, 5.41) is 9.06. The van der Waals surface area contributed by atoms with Gasteiger partial charge in [0.15, 0.2) is 0 Å². The third-order valence-corrected chi connectivity index (χ3v) is 4.13. The summed E-state index contributed by atoms with van der Waals surface area (Å²) in [5.74, 6) is 0. The van der Waals surface area contributed by atoms with Crippen LogP contribution >= 0.6 is 23.2 Å². The fourth-order valence-electron chi connectivity index (χ4n) is 2.27. The first-order valence-electron chi connectivity index (χ1n) is 6.51. The highest BCUT2D eigenvalue weighted by molar-refractivity contribution is 6.37. The number of hydrogen-bond donors (Lipinski definition) is 2. The van der Waals surface area contributed by atoms with Crippen LogP contribution in [0.5, 0.6) is 0 Å². The van der Waals surface area contributed by atoms with E-state index in [1.165, 1.54) is 18.2 Å². The monoisotopic (exact) mass is 403 g/mol. The van der Waals surface area contributed by atoms with Crippen molar-refractivity contribution in [3.63, 3.8) is 0 Å². The molecule has 136 valence electrons. The van der Waals surface area contributed by atoms with Gasteiger partial charge in [0.1, 0.15) is 0 Å². The van der Waals surface area contributed by atoms with Gasteiger partial charge in [-0.2, -0.15) is 26.3 Å². The van der Waals surface area contributed by atoms with E-state index >= 15 is 0 Å². The third kappa shape index (κ3) is 3.26. The normalized spacial score (nSPS) is 13.2. The minimum absolute atomic E-state index is 0.0392. The molecule has 0 spiro atoms. The topological polar surface area (TPSA) is 46.2 Å². The maximum atomic E-state index is 13.0. The zero-order valence-electron chi connectivity index (χ0n) is 12.0. The summed E-state index contributed by atoms with van der Waals surface area (Å²) in [6, 6.07) is 6.74. The van der Waals surface area contributed by atoms with Gasteiger partial charge in [-0.3, -0.25) is 0 Å². The van der Waals surface area contributed by atoms with Crippen molar-refractivity contribution in [2.45, 2.75) is 18.0 Å². The van der Waals surface area contributed by atoms with Gasteiger partial charge in [-0.1, -0.05) is 41.4 Å². The Morgan fingerprint density at radius 2 is 1.36 bits per heavy atom. The van der Waals surface area contributed by atoms with E-state index in [2.05, 4.69) is 0 Å². The lowest BCUT2D eigenvalue weighted by atomic mass is 9.89. The third-order valence-electron chi connectivity index (χ3n) is 3.50. The molecule has 0 aliphatic heterocycles. The Balaban J connectivity index is 2.74. The molecule has 0 saturated heterocycles. The molecule has 0 saturated carbocycles. The number of benzene rings is 2. The van der Waals surface area contributed by atoms with Crippen LogP contribution in [0, 0.1) is 0 Å². The van der Waals surface area contributed by atoms with E-state index in [1.54, 1.807) is 6.07 Å². The Morgan fingerprint density at radius 1 is 0.840 bits per heavy atom. The molecule has 2 rings (SSSR count). The lowest BCUT2D eigenvalue weighted by Crippen LogP contribution is -2.53. The molecule has 0 unspecified atom stereocenters. The number of aliphatic hydroxyl groups is 1. The Labute approximate surface area is 147 Å². The van der Waals surface area contributed by atoms with Gasteiger partial charge >= 0.3 is 12.4 Å². The largest absolute Gasteiger partial charge is 0.430 e. The molecular weight excluding hydrogens is 395 g/mol. The molecule has 3 N–H and O–H groups in total. The van der Waals surface area contributed by atoms with E-state index in [-0.39, 0.29) is 16.1 Å². The number of rotatable bonds is 2. The Kier molecular flexibility index (Phi) is 4.93. The van der Waals surface area contributed by atoms with Gasteiger partial charge in [-0.25, -0.2) is 0 Å². The number of nitrogens with two attached hydrogens (primary N) is 1. The predicted octanol–water partition coefficient (Wildman–Crippen LogP) is 5.55. The second-order valence-electron chi connectivity index (χ2n) is 5.11. The van der Waals surface area contributed by atoms with Crippen molar-refractivity contribution in [3.8, 4) is 11.1 Å². The molecule has 0 amide bonds. The fourth-order valence-corrected chi connectivity index (χ4v) is 2.83. The lowest BCUT2D eigenvalue weighted by Gasteiger charge is -2.33. The minimum atomic E-state index is -6.03. The molecule has 25 heavy (non-hydrogen) atoms. The molecule has 2 aromatic rings. The predicted molar refractivity (Wildman–Crippen MR) is 82.3 cm³/mol. The van der Waals surface area contributed by atoms with Gasteiger partial charge in [0.05, 0.1) is 5.02 Å². The first-order valence-corrected chi connectivity index (χ1v) is 7.26. The number of nitrogen functional groups attached to an aromatic ring is 1. The molecule has 2 nitrogen and oxygen atoms in total. The van der Waals surface area contributed by atoms with Crippen LogP contribution < -0.4 is 5.73 Å². The second-order valence-corrected chi connectivity index (χ2v) is 5.92. The van der Waals surface area contributed by atoms with Crippen molar-refractivity contribution >= 4 is 28.9 Å². The lowest BCUT2D eigenvalue weighted by molar-refractivity contribution is -0.376. The van der Waals surface area contributed by atoms with Crippen LogP contribution in [0.15, 0.2) is 36.4 Å². The molecule has 0 aliphatic rings. The van der Waals surface area contributed by atoms with Crippen LogP contribution in [-0.2, 0) is 5.60 Å². The van der Waals surface area contributed by atoms with E-state index in [4.69, 9.17) is 28.9 Å². The van der Waals surface area contributed by atoms with Crippen molar-refractivity contribution in [3.05, 3.63) is 52.0 Å². The highest BCUT2D eigenvalue weighted by Gasteiger charge is 2.71. The van der Waals surface area contributed by atoms with Gasteiger partial charge in [0.25, 0.3) is 5.60 Å². The van der Waals surface area contributed by atoms with Crippen LogP contribution in [0.1, 0.15) is 5.56 Å². The highest BCUT2D eigenvalue weighted by atomic mass is 35.5. The van der Waals surface area contributed by atoms with Crippen LogP contribution in [0.3, 0.4) is 0 Å². The van der Waals surface area contributed by atoms with Gasteiger partial charge in [0, 0.05) is 27.4 Å². The summed E-state index contributed by atoms with van der Waals surface area (Å²) >= 11 is 11.8. The van der Waals surface area contributed by atoms with E-state index in [0.29, 0.717) is 12.1 Å². The van der Waals surface area contributed by atoms with Crippen molar-refractivity contribution in [1.29, 1.82) is 0 Å². The maximum Gasteiger partial charge on any atom is 0.430 e. The summed E-state index contributed by atoms with van der Waals surface area (Å²) in [7, 11) is 0. The number of alkyl halides is 6. The number of anilines is 1. The average Bonchev–Trinajstić information content (AvgIpc) is 2.45. The van der Waals surface area contributed by atoms with Gasteiger partial charge in [-0.15, -0.1) is 0 Å². The highest BCUT2D eigenvalue weighted by Crippen LogP contribution is 2.52. The van der Waals surface area contributed by atoms with E-state index < -0.39 is 34.2 Å². The first-order chi connectivity index (χ1) is 11.3. The Morgan fingerprint density at radius 3 is 1.80 bits per heavy atom. The zero-order chi connectivity index (χ0) is 19.2. The molecule has 0 aliphatic carbocycles. The molecule has 10 heteroatoms. The van der Waals surface area contributed by atoms with Crippen LogP contribution in [0.4, 0.5) is 32.0 Å². The Bertz CT molecular complexity index is 766. The number of halogens is 8. The molecule has 0 heterocycles. The zero-order valence-corrected chi connectivity index (χ0v) is 13.5. The van der Waals surface area contributed by atoms with Crippen LogP contribution in [0.2, 0.25) is 10.0 Å². The molecule has 0 atom stereocenters. The SMILES string of the molecule is Nc1cc(C(O)(C(F)(F)F)C(F)(F)F)cc(Cl)c1-c1ccccc1Cl. The van der Waals surface area contributed by atoms with E-state index in [9.17, 15) is 31.4 Å². The standard InChI is InChI=1S/C15H9Cl2F6NO/c16-9-4-2-1-3-8(9)12-10(17)5-7(6-11(12)24)13(25,14(18,19)20)15(21,22)23/h1-6,25H,24H2. The smallest absolute Gasteiger partial charge is 0.398 e. The molecule has 0 radical (unpaired) electrons. The van der Waals surface area contributed by atoms with Gasteiger partial charge in [-0.05, 0) is 18.2 Å². The summed E-state index contributed by atoms with van der Waals surface area (Å²) < 4.78 is 77.8. The summed E-state index contributed by atoms with van der Waals surface area (Å²) in [4.78, 5) is 0.